The summed E-state index contributed by atoms with van der Waals surface area (Å²) >= 11 is 0. The van der Waals surface area contributed by atoms with Crippen LogP contribution in [0.4, 0.5) is 0 Å². The SMILES string of the molecule is [CH2]C(CC)c1cc[c]cc1. The molecule has 0 amide bonds. The molecular formula is C10H12. The van der Waals surface area contributed by atoms with Gasteiger partial charge in [0.2, 0.25) is 0 Å². The van der Waals surface area contributed by atoms with Crippen LogP contribution in [-0.4, -0.2) is 0 Å². The molecule has 1 unspecified atom stereocenters. The highest BCUT2D eigenvalue weighted by atomic mass is 14.0. The molecule has 2 radical (unpaired) electrons. The zero-order valence-electron chi connectivity index (χ0n) is 6.30. The predicted octanol–water partition coefficient (Wildman–Crippen LogP) is 2.81. The van der Waals surface area contributed by atoms with Crippen LogP contribution >= 0.6 is 0 Å². The maximum absolute atomic E-state index is 4.01. The minimum Gasteiger partial charge on any atom is -0.0648 e. The molecule has 0 aromatic heterocycles. The third kappa shape index (κ3) is 1.60. The van der Waals surface area contributed by atoms with Crippen LogP contribution in [0.2, 0.25) is 0 Å². The molecule has 1 aromatic rings. The van der Waals surface area contributed by atoms with Crippen molar-refractivity contribution >= 4 is 0 Å². The van der Waals surface area contributed by atoms with Gasteiger partial charge in [-0.3, -0.25) is 0 Å². The molecule has 0 heteroatoms. The maximum Gasteiger partial charge on any atom is -0.0164 e. The number of benzene rings is 1. The van der Waals surface area contributed by atoms with Gasteiger partial charge in [0.05, 0.1) is 0 Å². The second kappa shape index (κ2) is 3.40. The average molecular weight is 132 g/mol. The van der Waals surface area contributed by atoms with Gasteiger partial charge in [-0.2, -0.15) is 0 Å². The monoisotopic (exact) mass is 132 g/mol. The Morgan fingerprint density at radius 1 is 1.50 bits per heavy atom. The highest BCUT2D eigenvalue weighted by Gasteiger charge is 1.99. The third-order valence-corrected chi connectivity index (χ3v) is 1.71. The zero-order chi connectivity index (χ0) is 7.40. The van der Waals surface area contributed by atoms with Gasteiger partial charge in [0.25, 0.3) is 0 Å². The van der Waals surface area contributed by atoms with Crippen LogP contribution in [0.25, 0.3) is 0 Å². The van der Waals surface area contributed by atoms with E-state index in [1.165, 1.54) is 5.56 Å². The van der Waals surface area contributed by atoms with Crippen LogP contribution in [0.3, 0.4) is 0 Å². The first-order valence-corrected chi connectivity index (χ1v) is 3.63. The average Bonchev–Trinajstić information content (AvgIpc) is 2.05. The van der Waals surface area contributed by atoms with E-state index < -0.39 is 0 Å². The van der Waals surface area contributed by atoms with Crippen LogP contribution in [0.1, 0.15) is 24.8 Å². The fraction of sp³-hybridized carbons (Fsp3) is 0.300. The summed E-state index contributed by atoms with van der Waals surface area (Å²) < 4.78 is 0. The Balaban J connectivity index is 2.75. The van der Waals surface area contributed by atoms with Crippen molar-refractivity contribution in [1.82, 2.24) is 0 Å². The number of hydrogen-bond acceptors (Lipinski definition) is 0. The van der Waals surface area contributed by atoms with E-state index in [1.54, 1.807) is 0 Å². The molecule has 0 N–H and O–H groups in total. The van der Waals surface area contributed by atoms with Crippen molar-refractivity contribution in [2.45, 2.75) is 19.3 Å². The molecule has 0 saturated carbocycles. The lowest BCUT2D eigenvalue weighted by molar-refractivity contribution is 0.802. The van der Waals surface area contributed by atoms with Gasteiger partial charge in [-0.1, -0.05) is 31.2 Å². The molecule has 1 rings (SSSR count). The molecule has 0 aliphatic carbocycles. The van der Waals surface area contributed by atoms with E-state index in [9.17, 15) is 0 Å². The molecular weight excluding hydrogens is 120 g/mol. The van der Waals surface area contributed by atoms with E-state index in [-0.39, 0.29) is 0 Å². The molecule has 0 aliphatic rings. The Kier molecular flexibility index (Phi) is 2.49. The molecule has 0 aliphatic heterocycles. The summed E-state index contributed by atoms with van der Waals surface area (Å²) in [6.45, 7) is 6.16. The smallest absolute Gasteiger partial charge is 0.0164 e. The van der Waals surface area contributed by atoms with Crippen LogP contribution < -0.4 is 0 Å². The molecule has 0 fully saturated rings. The van der Waals surface area contributed by atoms with Crippen LogP contribution in [0, 0.1) is 13.0 Å². The first kappa shape index (κ1) is 7.33. The molecule has 52 valence electrons. The van der Waals surface area contributed by atoms with E-state index in [4.69, 9.17) is 0 Å². The van der Waals surface area contributed by atoms with Crippen molar-refractivity contribution in [2.75, 3.05) is 0 Å². The van der Waals surface area contributed by atoms with E-state index in [1.807, 2.05) is 12.1 Å². The fourth-order valence-electron chi connectivity index (χ4n) is 0.908. The Morgan fingerprint density at radius 2 is 2.10 bits per heavy atom. The van der Waals surface area contributed by atoms with Crippen molar-refractivity contribution in [1.29, 1.82) is 0 Å². The lowest BCUT2D eigenvalue weighted by atomic mass is 9.99. The van der Waals surface area contributed by atoms with Crippen molar-refractivity contribution in [3.8, 4) is 0 Å². The van der Waals surface area contributed by atoms with E-state index in [2.05, 4.69) is 32.0 Å². The highest BCUT2D eigenvalue weighted by molar-refractivity contribution is 5.19. The second-order valence-electron chi connectivity index (χ2n) is 2.44. The van der Waals surface area contributed by atoms with Crippen LogP contribution in [0.5, 0.6) is 0 Å². The van der Waals surface area contributed by atoms with Gasteiger partial charge in [-0.25, -0.2) is 0 Å². The largest absolute Gasteiger partial charge is 0.0648 e. The van der Waals surface area contributed by atoms with E-state index in [0.29, 0.717) is 5.92 Å². The summed E-state index contributed by atoms with van der Waals surface area (Å²) in [6, 6.07) is 11.0. The highest BCUT2D eigenvalue weighted by Crippen LogP contribution is 2.16. The lowest BCUT2D eigenvalue weighted by Gasteiger charge is -2.06. The number of hydrogen-bond donors (Lipinski definition) is 0. The Bertz CT molecular complexity index is 176. The molecule has 0 heterocycles. The topological polar surface area (TPSA) is 0 Å². The Hall–Kier alpha value is -0.780. The van der Waals surface area contributed by atoms with Gasteiger partial charge < -0.3 is 0 Å². The van der Waals surface area contributed by atoms with Crippen molar-refractivity contribution in [2.24, 2.45) is 0 Å². The fourth-order valence-corrected chi connectivity index (χ4v) is 0.908. The standard InChI is InChI=1S/C10H12/c1-3-9(2)10-7-5-4-6-8-10/h5-9H,2-3H2,1H3. The van der Waals surface area contributed by atoms with Gasteiger partial charge in [-0.05, 0) is 30.9 Å². The summed E-state index contributed by atoms with van der Waals surface area (Å²) in [5, 5.41) is 0. The first-order valence-electron chi connectivity index (χ1n) is 3.63. The Morgan fingerprint density at radius 3 is 2.60 bits per heavy atom. The quantitative estimate of drug-likeness (QED) is 0.580. The summed E-state index contributed by atoms with van der Waals surface area (Å²) in [5.41, 5.74) is 1.31. The summed E-state index contributed by atoms with van der Waals surface area (Å²) in [5.74, 6) is 0.439. The van der Waals surface area contributed by atoms with Gasteiger partial charge in [0, 0.05) is 0 Å². The zero-order valence-corrected chi connectivity index (χ0v) is 6.30. The normalized spacial score (nSPS) is 13.0. The van der Waals surface area contributed by atoms with Gasteiger partial charge in [-0.15, -0.1) is 0 Å². The second-order valence-corrected chi connectivity index (χ2v) is 2.44. The van der Waals surface area contributed by atoms with Crippen molar-refractivity contribution in [3.05, 3.63) is 42.8 Å². The molecule has 0 nitrogen and oxygen atoms in total. The van der Waals surface area contributed by atoms with Gasteiger partial charge >= 0.3 is 0 Å². The first-order chi connectivity index (χ1) is 4.84. The molecule has 10 heavy (non-hydrogen) atoms. The summed E-state index contributed by atoms with van der Waals surface area (Å²) in [4.78, 5) is 0. The summed E-state index contributed by atoms with van der Waals surface area (Å²) in [7, 11) is 0. The third-order valence-electron chi connectivity index (χ3n) is 1.71. The molecule has 1 aromatic carbocycles. The molecule has 1 atom stereocenters. The van der Waals surface area contributed by atoms with E-state index in [0.717, 1.165) is 6.42 Å². The lowest BCUT2D eigenvalue weighted by Crippen LogP contribution is -1.89. The van der Waals surface area contributed by atoms with Crippen LogP contribution in [-0.2, 0) is 0 Å². The maximum atomic E-state index is 4.01. The molecule has 0 saturated heterocycles. The minimum absolute atomic E-state index is 0.439. The van der Waals surface area contributed by atoms with Crippen LogP contribution in [0.15, 0.2) is 24.3 Å². The number of rotatable bonds is 2. The molecule has 0 bridgehead atoms. The Labute approximate surface area is 62.9 Å². The molecule has 0 spiro atoms. The summed E-state index contributed by atoms with van der Waals surface area (Å²) in [6.07, 6.45) is 1.10. The van der Waals surface area contributed by atoms with Crippen molar-refractivity contribution < 1.29 is 0 Å². The van der Waals surface area contributed by atoms with E-state index >= 15 is 0 Å². The van der Waals surface area contributed by atoms with Gasteiger partial charge in [0.15, 0.2) is 0 Å². The minimum atomic E-state index is 0.439. The predicted molar refractivity (Wildman–Crippen MR) is 43.7 cm³/mol. The van der Waals surface area contributed by atoms with Gasteiger partial charge in [0.1, 0.15) is 0 Å². The van der Waals surface area contributed by atoms with Crippen molar-refractivity contribution in [3.63, 3.8) is 0 Å².